The molecule has 0 bridgehead atoms. The van der Waals surface area contributed by atoms with E-state index in [9.17, 15) is 14.7 Å². The molecule has 0 fully saturated rings. The molecule has 6 heteroatoms. The number of carboxylic acids is 1. The Kier molecular flexibility index (Phi) is 4.85. The Morgan fingerprint density at radius 1 is 1.29 bits per heavy atom. The molecule has 92 valence electrons. The first-order valence-corrected chi connectivity index (χ1v) is 6.40. The van der Waals surface area contributed by atoms with Crippen LogP contribution in [0.1, 0.15) is 29.0 Å². The van der Waals surface area contributed by atoms with Crippen molar-refractivity contribution in [3.63, 3.8) is 0 Å². The molecule has 0 spiro atoms. The van der Waals surface area contributed by atoms with Gasteiger partial charge in [0.15, 0.2) is 6.10 Å². The number of aliphatic carboxylic acids is 1. The lowest BCUT2D eigenvalue weighted by molar-refractivity contribution is -0.147. The second kappa shape index (κ2) is 5.75. The topological polar surface area (TPSA) is 74.6 Å². The molecule has 0 saturated heterocycles. The Bertz CT molecular complexity index is 421. The number of halogens is 2. The van der Waals surface area contributed by atoms with E-state index in [1.165, 1.54) is 13.0 Å². The molecular formula is C11H10Br2O4. The average Bonchev–Trinajstić information content (AvgIpc) is 2.27. The van der Waals surface area contributed by atoms with Crippen molar-refractivity contribution in [3.8, 4) is 0 Å². The highest BCUT2D eigenvalue weighted by Crippen LogP contribution is 2.35. The van der Waals surface area contributed by atoms with Crippen LogP contribution in [0, 0.1) is 0 Å². The molecule has 0 aliphatic carbocycles. The van der Waals surface area contributed by atoms with Gasteiger partial charge in [0.1, 0.15) is 5.78 Å². The zero-order valence-corrected chi connectivity index (χ0v) is 12.0. The number of aliphatic hydroxyl groups excluding tert-OH is 1. The van der Waals surface area contributed by atoms with Gasteiger partial charge in [-0.3, -0.25) is 4.79 Å². The molecule has 0 aliphatic rings. The number of hydrogen-bond donors (Lipinski definition) is 2. The van der Waals surface area contributed by atoms with Gasteiger partial charge in [-0.2, -0.15) is 0 Å². The zero-order chi connectivity index (χ0) is 13.2. The van der Waals surface area contributed by atoms with Crippen molar-refractivity contribution < 1.29 is 19.8 Å². The molecule has 0 heterocycles. The van der Waals surface area contributed by atoms with Gasteiger partial charge in [-0.1, -0.05) is 50.1 Å². The summed E-state index contributed by atoms with van der Waals surface area (Å²) in [6.07, 6.45) is -1.61. The van der Waals surface area contributed by atoms with E-state index >= 15 is 0 Å². The van der Waals surface area contributed by atoms with Gasteiger partial charge in [0, 0.05) is 10.0 Å². The van der Waals surface area contributed by atoms with Crippen LogP contribution in [0.15, 0.2) is 22.7 Å². The van der Waals surface area contributed by atoms with Crippen LogP contribution in [-0.2, 0) is 9.59 Å². The number of rotatable bonds is 4. The van der Waals surface area contributed by atoms with E-state index in [-0.39, 0.29) is 11.3 Å². The van der Waals surface area contributed by atoms with E-state index < -0.39 is 16.9 Å². The fourth-order valence-electron chi connectivity index (χ4n) is 1.33. The Hall–Kier alpha value is -0.720. The molecule has 0 radical (unpaired) electrons. The van der Waals surface area contributed by atoms with Crippen LogP contribution in [0.25, 0.3) is 0 Å². The van der Waals surface area contributed by atoms with Crippen LogP contribution in [-0.4, -0.2) is 22.0 Å². The van der Waals surface area contributed by atoms with Gasteiger partial charge in [-0.05, 0) is 12.5 Å². The number of hydrogen-bond acceptors (Lipinski definition) is 3. The van der Waals surface area contributed by atoms with Crippen LogP contribution in [0.4, 0.5) is 0 Å². The third kappa shape index (κ3) is 3.14. The molecule has 0 aliphatic heterocycles. The van der Waals surface area contributed by atoms with Crippen molar-refractivity contribution in [3.05, 3.63) is 33.8 Å². The Morgan fingerprint density at radius 3 is 2.29 bits per heavy atom. The number of carbonyl (C=O) groups excluding carboxylic acids is 1. The van der Waals surface area contributed by atoms with E-state index in [0.717, 1.165) is 0 Å². The molecule has 0 aromatic heterocycles. The Balaban J connectivity index is 3.25. The van der Waals surface area contributed by atoms with Crippen LogP contribution >= 0.6 is 31.9 Å². The summed E-state index contributed by atoms with van der Waals surface area (Å²) in [7, 11) is 0. The van der Waals surface area contributed by atoms with Gasteiger partial charge < -0.3 is 10.2 Å². The largest absolute Gasteiger partial charge is 0.479 e. The van der Waals surface area contributed by atoms with Gasteiger partial charge in [-0.25, -0.2) is 4.79 Å². The SMILES string of the molecule is CC(=O)C(Br)c1cccc(C(O)C(=O)O)c1Br. The molecule has 0 saturated carbocycles. The van der Waals surface area contributed by atoms with Crippen molar-refractivity contribution in [1.82, 2.24) is 0 Å². The number of alkyl halides is 1. The highest BCUT2D eigenvalue weighted by molar-refractivity contribution is 9.11. The maximum atomic E-state index is 11.3. The number of carbonyl (C=O) groups is 2. The standard InChI is InChI=1S/C11H10Br2O4/c1-5(14)8(12)6-3-2-4-7(9(6)13)10(15)11(16)17/h2-4,8,10,15H,1H3,(H,16,17). The molecular weight excluding hydrogens is 356 g/mol. The van der Waals surface area contributed by atoms with Gasteiger partial charge >= 0.3 is 5.97 Å². The van der Waals surface area contributed by atoms with Crippen molar-refractivity contribution in [1.29, 1.82) is 0 Å². The van der Waals surface area contributed by atoms with E-state index in [1.54, 1.807) is 12.1 Å². The van der Waals surface area contributed by atoms with Crippen molar-refractivity contribution in [2.45, 2.75) is 17.9 Å². The minimum absolute atomic E-state index is 0.104. The van der Waals surface area contributed by atoms with Crippen molar-refractivity contribution in [2.24, 2.45) is 0 Å². The summed E-state index contributed by atoms with van der Waals surface area (Å²) in [6.45, 7) is 1.42. The summed E-state index contributed by atoms with van der Waals surface area (Å²) in [5.41, 5.74) is 0.816. The van der Waals surface area contributed by atoms with Gasteiger partial charge in [0.2, 0.25) is 0 Å². The van der Waals surface area contributed by atoms with Crippen LogP contribution < -0.4 is 0 Å². The average molecular weight is 366 g/mol. The second-order valence-corrected chi connectivity index (χ2v) is 5.17. The summed E-state index contributed by atoms with van der Waals surface area (Å²) in [5, 5.41) is 18.2. The summed E-state index contributed by atoms with van der Waals surface area (Å²) < 4.78 is 0.423. The molecule has 1 aromatic rings. The fourth-order valence-corrected chi connectivity index (χ4v) is 2.73. The smallest absolute Gasteiger partial charge is 0.337 e. The zero-order valence-electron chi connectivity index (χ0n) is 8.85. The first-order valence-electron chi connectivity index (χ1n) is 4.70. The Labute approximate surface area is 115 Å². The highest BCUT2D eigenvalue weighted by atomic mass is 79.9. The normalized spacial score (nSPS) is 14.1. The molecule has 17 heavy (non-hydrogen) atoms. The summed E-state index contributed by atoms with van der Waals surface area (Å²) in [6, 6.07) is 4.77. The lowest BCUT2D eigenvalue weighted by Crippen LogP contribution is -2.12. The first-order chi connectivity index (χ1) is 7.86. The van der Waals surface area contributed by atoms with E-state index in [0.29, 0.717) is 10.0 Å². The molecule has 2 unspecified atom stereocenters. The lowest BCUT2D eigenvalue weighted by atomic mass is 10.0. The monoisotopic (exact) mass is 364 g/mol. The quantitative estimate of drug-likeness (QED) is 0.804. The number of benzene rings is 1. The van der Waals surface area contributed by atoms with Gasteiger partial charge in [0.25, 0.3) is 0 Å². The number of aliphatic hydroxyl groups is 1. The molecule has 4 nitrogen and oxygen atoms in total. The minimum atomic E-state index is -1.61. The van der Waals surface area contributed by atoms with Gasteiger partial charge in [-0.15, -0.1) is 0 Å². The minimum Gasteiger partial charge on any atom is -0.479 e. The number of ketones is 1. The van der Waals surface area contributed by atoms with E-state index in [4.69, 9.17) is 5.11 Å². The summed E-state index contributed by atoms with van der Waals surface area (Å²) in [5.74, 6) is -1.44. The van der Waals surface area contributed by atoms with Crippen LogP contribution in [0.2, 0.25) is 0 Å². The van der Waals surface area contributed by atoms with Crippen LogP contribution in [0.3, 0.4) is 0 Å². The van der Waals surface area contributed by atoms with Crippen molar-refractivity contribution in [2.75, 3.05) is 0 Å². The Morgan fingerprint density at radius 2 is 1.82 bits per heavy atom. The summed E-state index contributed by atoms with van der Waals surface area (Å²) in [4.78, 5) is 21.5. The molecule has 2 N–H and O–H groups in total. The fraction of sp³-hybridized carbons (Fsp3) is 0.273. The van der Waals surface area contributed by atoms with E-state index in [1.807, 2.05) is 0 Å². The molecule has 1 aromatic carbocycles. The number of Topliss-reactive ketones (excluding diaryl/α,β-unsaturated/α-hetero) is 1. The predicted molar refractivity (Wildman–Crippen MR) is 69.1 cm³/mol. The second-order valence-electron chi connectivity index (χ2n) is 3.46. The predicted octanol–water partition coefficient (Wildman–Crippen LogP) is 2.59. The highest BCUT2D eigenvalue weighted by Gasteiger charge is 2.23. The molecule has 1 rings (SSSR count). The first kappa shape index (κ1) is 14.3. The van der Waals surface area contributed by atoms with Crippen LogP contribution in [0.5, 0.6) is 0 Å². The summed E-state index contributed by atoms with van der Waals surface area (Å²) >= 11 is 6.43. The molecule has 0 amide bonds. The van der Waals surface area contributed by atoms with Crippen molar-refractivity contribution >= 4 is 43.6 Å². The maximum absolute atomic E-state index is 11.3. The van der Waals surface area contributed by atoms with E-state index in [2.05, 4.69) is 31.9 Å². The maximum Gasteiger partial charge on any atom is 0.337 e. The van der Waals surface area contributed by atoms with Gasteiger partial charge in [0.05, 0.1) is 4.83 Å². The third-order valence-corrected chi connectivity index (χ3v) is 4.27. The number of carboxylic acid groups (broad SMARTS) is 1. The molecule has 2 atom stereocenters. The third-order valence-electron chi connectivity index (χ3n) is 2.22. The lowest BCUT2D eigenvalue weighted by Gasteiger charge is -2.14.